The van der Waals surface area contributed by atoms with E-state index >= 15 is 0 Å². The fourth-order valence-corrected chi connectivity index (χ4v) is 1.63. The molecule has 2 aromatic rings. The van der Waals surface area contributed by atoms with Crippen molar-refractivity contribution >= 4 is 5.69 Å². The van der Waals surface area contributed by atoms with E-state index in [0.717, 1.165) is 11.3 Å². The summed E-state index contributed by atoms with van der Waals surface area (Å²) in [5.74, 6) is 0. The van der Waals surface area contributed by atoms with Crippen LogP contribution in [0.1, 0.15) is 26.3 Å². The number of aromatic nitrogens is 3. The molecular weight excluding hydrogens is 240 g/mol. The molecule has 0 saturated carbocycles. The summed E-state index contributed by atoms with van der Waals surface area (Å²) in [7, 11) is 0. The minimum Gasteiger partial charge on any atom is -0.388 e. The summed E-state index contributed by atoms with van der Waals surface area (Å²) in [5, 5.41) is 17.2. The third kappa shape index (κ3) is 3.79. The zero-order valence-corrected chi connectivity index (χ0v) is 11.5. The summed E-state index contributed by atoms with van der Waals surface area (Å²) in [6, 6.07) is 8.08. The van der Waals surface area contributed by atoms with E-state index in [2.05, 4.69) is 15.4 Å². The zero-order chi connectivity index (χ0) is 13.9. The SMILES string of the molecule is CC(Nc1ccc(Cn2cncn2)cc1)C(C)(C)O. The molecule has 19 heavy (non-hydrogen) atoms. The van der Waals surface area contributed by atoms with Crippen molar-refractivity contribution < 1.29 is 5.11 Å². The molecule has 1 heterocycles. The molecule has 5 heteroatoms. The maximum Gasteiger partial charge on any atom is 0.137 e. The van der Waals surface area contributed by atoms with Gasteiger partial charge in [0.2, 0.25) is 0 Å². The molecule has 0 aliphatic carbocycles. The Balaban J connectivity index is 1.99. The second-order valence-corrected chi connectivity index (χ2v) is 5.31. The number of benzene rings is 1. The Morgan fingerprint density at radius 1 is 1.32 bits per heavy atom. The first kappa shape index (κ1) is 13.5. The Labute approximate surface area is 113 Å². The van der Waals surface area contributed by atoms with Crippen molar-refractivity contribution in [1.82, 2.24) is 14.8 Å². The van der Waals surface area contributed by atoms with Gasteiger partial charge in [-0.2, -0.15) is 5.10 Å². The number of nitrogens with zero attached hydrogens (tertiary/aromatic N) is 3. The fraction of sp³-hybridized carbons (Fsp3) is 0.429. The number of hydrogen-bond donors (Lipinski definition) is 2. The van der Waals surface area contributed by atoms with Crippen LogP contribution in [0, 0.1) is 0 Å². The third-order valence-electron chi connectivity index (χ3n) is 3.21. The molecule has 1 aromatic heterocycles. The first-order valence-electron chi connectivity index (χ1n) is 6.35. The highest BCUT2D eigenvalue weighted by atomic mass is 16.3. The maximum absolute atomic E-state index is 9.89. The molecule has 0 fully saturated rings. The minimum absolute atomic E-state index is 0.0198. The molecule has 0 radical (unpaired) electrons. The van der Waals surface area contributed by atoms with E-state index in [1.807, 2.05) is 31.2 Å². The second-order valence-electron chi connectivity index (χ2n) is 5.31. The molecule has 1 atom stereocenters. The molecule has 0 saturated heterocycles. The molecule has 5 nitrogen and oxygen atoms in total. The molecule has 0 spiro atoms. The Kier molecular flexibility index (Phi) is 3.85. The number of aliphatic hydroxyl groups is 1. The lowest BCUT2D eigenvalue weighted by atomic mass is 10.0. The molecule has 0 aliphatic heterocycles. The van der Waals surface area contributed by atoms with E-state index in [4.69, 9.17) is 0 Å². The third-order valence-corrected chi connectivity index (χ3v) is 3.21. The van der Waals surface area contributed by atoms with Crippen LogP contribution in [0.5, 0.6) is 0 Å². The van der Waals surface area contributed by atoms with Gasteiger partial charge in [0.05, 0.1) is 18.2 Å². The first-order valence-corrected chi connectivity index (χ1v) is 6.35. The van der Waals surface area contributed by atoms with Crippen LogP contribution in [0.4, 0.5) is 5.69 Å². The van der Waals surface area contributed by atoms with Crippen molar-refractivity contribution in [3.8, 4) is 0 Å². The molecule has 0 aliphatic rings. The number of hydrogen-bond acceptors (Lipinski definition) is 4. The Morgan fingerprint density at radius 2 is 2.00 bits per heavy atom. The summed E-state index contributed by atoms with van der Waals surface area (Å²) >= 11 is 0. The molecule has 0 bridgehead atoms. The zero-order valence-electron chi connectivity index (χ0n) is 11.5. The van der Waals surface area contributed by atoms with E-state index in [-0.39, 0.29) is 6.04 Å². The van der Waals surface area contributed by atoms with Crippen molar-refractivity contribution in [2.45, 2.75) is 39.0 Å². The fourth-order valence-electron chi connectivity index (χ4n) is 1.63. The van der Waals surface area contributed by atoms with Crippen LogP contribution in [-0.2, 0) is 6.54 Å². The van der Waals surface area contributed by atoms with Crippen LogP contribution in [-0.4, -0.2) is 31.5 Å². The Hall–Kier alpha value is -1.88. The molecule has 2 rings (SSSR count). The van der Waals surface area contributed by atoms with Crippen molar-refractivity contribution in [2.24, 2.45) is 0 Å². The molecule has 2 N–H and O–H groups in total. The Bertz CT molecular complexity index is 499. The van der Waals surface area contributed by atoms with Gasteiger partial charge in [0.15, 0.2) is 0 Å². The van der Waals surface area contributed by atoms with E-state index in [9.17, 15) is 5.11 Å². The summed E-state index contributed by atoms with van der Waals surface area (Å²) in [4.78, 5) is 3.91. The van der Waals surface area contributed by atoms with Gasteiger partial charge in [-0.3, -0.25) is 0 Å². The van der Waals surface area contributed by atoms with Crippen LogP contribution >= 0.6 is 0 Å². The van der Waals surface area contributed by atoms with Gasteiger partial charge in [-0.1, -0.05) is 12.1 Å². The molecular formula is C14H20N4O. The van der Waals surface area contributed by atoms with Gasteiger partial charge in [0.25, 0.3) is 0 Å². The highest BCUT2D eigenvalue weighted by Gasteiger charge is 2.21. The minimum atomic E-state index is -0.751. The van der Waals surface area contributed by atoms with Gasteiger partial charge < -0.3 is 10.4 Å². The van der Waals surface area contributed by atoms with Crippen LogP contribution in [0.25, 0.3) is 0 Å². The van der Waals surface area contributed by atoms with E-state index in [1.165, 1.54) is 6.33 Å². The average Bonchev–Trinajstić information content (AvgIpc) is 2.83. The van der Waals surface area contributed by atoms with Gasteiger partial charge >= 0.3 is 0 Å². The van der Waals surface area contributed by atoms with Crippen molar-refractivity contribution in [2.75, 3.05) is 5.32 Å². The van der Waals surface area contributed by atoms with Crippen LogP contribution in [0.2, 0.25) is 0 Å². The van der Waals surface area contributed by atoms with Gasteiger partial charge in [0, 0.05) is 5.69 Å². The maximum atomic E-state index is 9.89. The van der Waals surface area contributed by atoms with Crippen LogP contribution in [0.15, 0.2) is 36.9 Å². The van der Waals surface area contributed by atoms with Gasteiger partial charge in [0.1, 0.15) is 12.7 Å². The topological polar surface area (TPSA) is 63.0 Å². The van der Waals surface area contributed by atoms with E-state index in [0.29, 0.717) is 6.54 Å². The first-order chi connectivity index (χ1) is 8.95. The molecule has 0 amide bonds. The van der Waals surface area contributed by atoms with E-state index < -0.39 is 5.60 Å². The van der Waals surface area contributed by atoms with E-state index in [1.54, 1.807) is 24.9 Å². The van der Waals surface area contributed by atoms with Crippen molar-refractivity contribution in [1.29, 1.82) is 0 Å². The highest BCUT2D eigenvalue weighted by molar-refractivity contribution is 5.45. The summed E-state index contributed by atoms with van der Waals surface area (Å²) < 4.78 is 1.78. The quantitative estimate of drug-likeness (QED) is 0.862. The van der Waals surface area contributed by atoms with Crippen molar-refractivity contribution in [3.63, 3.8) is 0 Å². The van der Waals surface area contributed by atoms with Gasteiger partial charge in [-0.25, -0.2) is 9.67 Å². The smallest absolute Gasteiger partial charge is 0.137 e. The van der Waals surface area contributed by atoms with Gasteiger partial charge in [-0.05, 0) is 38.5 Å². The normalized spacial score (nSPS) is 13.3. The average molecular weight is 260 g/mol. The predicted octanol–water partition coefficient (Wildman–Crippen LogP) is 1.90. The standard InChI is InChI=1S/C14H20N4O/c1-11(14(2,3)19)17-13-6-4-12(5-7-13)8-18-10-15-9-16-18/h4-7,9-11,17,19H,8H2,1-3H3. The monoisotopic (exact) mass is 260 g/mol. The summed E-state index contributed by atoms with van der Waals surface area (Å²) in [6.45, 7) is 6.26. The molecule has 1 unspecified atom stereocenters. The molecule has 1 aromatic carbocycles. The summed E-state index contributed by atoms with van der Waals surface area (Å²) in [5.41, 5.74) is 1.41. The van der Waals surface area contributed by atoms with Crippen LogP contribution in [0.3, 0.4) is 0 Å². The lowest BCUT2D eigenvalue weighted by Gasteiger charge is -2.27. The van der Waals surface area contributed by atoms with Crippen molar-refractivity contribution in [3.05, 3.63) is 42.5 Å². The Morgan fingerprint density at radius 3 is 2.53 bits per heavy atom. The highest BCUT2D eigenvalue weighted by Crippen LogP contribution is 2.16. The lowest BCUT2D eigenvalue weighted by Crippen LogP contribution is -2.39. The van der Waals surface area contributed by atoms with Crippen LogP contribution < -0.4 is 5.32 Å². The van der Waals surface area contributed by atoms with Gasteiger partial charge in [-0.15, -0.1) is 0 Å². The molecule has 102 valence electrons. The predicted molar refractivity (Wildman–Crippen MR) is 74.9 cm³/mol. The largest absolute Gasteiger partial charge is 0.388 e. The summed E-state index contributed by atoms with van der Waals surface area (Å²) in [6.07, 6.45) is 3.23. The number of rotatable bonds is 5. The number of nitrogens with one attached hydrogen (secondary N) is 1. The lowest BCUT2D eigenvalue weighted by molar-refractivity contribution is 0.0649. The second kappa shape index (κ2) is 5.40. The number of anilines is 1.